The highest BCUT2D eigenvalue weighted by Gasteiger charge is 2.21. The molecule has 1 fully saturated rings. The van der Waals surface area contributed by atoms with Crippen LogP contribution in [-0.2, 0) is 0 Å². The fourth-order valence-corrected chi connectivity index (χ4v) is 3.32. The number of para-hydroxylation sites is 2. The summed E-state index contributed by atoms with van der Waals surface area (Å²) in [6.07, 6.45) is 0. The number of nitrogens with zero attached hydrogens (tertiary/aromatic N) is 3. The average Bonchev–Trinajstić information content (AvgIpc) is 2.76. The van der Waals surface area contributed by atoms with Crippen LogP contribution in [0, 0.1) is 0 Å². The summed E-state index contributed by atoms with van der Waals surface area (Å²) in [6.45, 7) is 7.31. The lowest BCUT2D eigenvalue weighted by Gasteiger charge is -2.37. The van der Waals surface area contributed by atoms with E-state index >= 15 is 0 Å². The van der Waals surface area contributed by atoms with Gasteiger partial charge in [0.15, 0.2) is 5.96 Å². The van der Waals surface area contributed by atoms with E-state index in [0.29, 0.717) is 18.9 Å². The van der Waals surface area contributed by atoms with Crippen LogP contribution in [0.2, 0.25) is 0 Å². The van der Waals surface area contributed by atoms with Crippen molar-refractivity contribution in [2.75, 3.05) is 57.9 Å². The Kier molecular flexibility index (Phi) is 7.44. The molecule has 0 saturated carbocycles. The summed E-state index contributed by atoms with van der Waals surface area (Å²) in [6, 6.07) is 15.1. The summed E-state index contributed by atoms with van der Waals surface area (Å²) < 4.78 is 11.0. The molecule has 2 aromatic carbocycles. The van der Waals surface area contributed by atoms with Gasteiger partial charge in [0.2, 0.25) is 0 Å². The first-order chi connectivity index (χ1) is 14.2. The molecule has 2 aromatic rings. The Morgan fingerprint density at radius 2 is 1.83 bits per heavy atom. The molecule has 0 aliphatic carbocycles. The number of anilines is 1. The molecule has 0 amide bonds. The number of guanidine groups is 1. The number of hydrogen-bond acceptors (Lipinski definition) is 5. The minimum Gasteiger partial charge on any atom is -0.506 e. The Hall–Kier alpha value is -3.09. The van der Waals surface area contributed by atoms with E-state index in [9.17, 15) is 5.11 Å². The summed E-state index contributed by atoms with van der Waals surface area (Å²) >= 11 is 0. The number of rotatable bonds is 7. The van der Waals surface area contributed by atoms with Gasteiger partial charge in [0.1, 0.15) is 23.9 Å². The number of ether oxygens (including phenoxy) is 2. The van der Waals surface area contributed by atoms with Crippen molar-refractivity contribution >= 4 is 11.6 Å². The molecule has 156 valence electrons. The molecule has 0 atom stereocenters. The summed E-state index contributed by atoms with van der Waals surface area (Å²) in [5.41, 5.74) is 0.890. The molecule has 0 radical (unpaired) electrons. The predicted molar refractivity (Wildman–Crippen MR) is 116 cm³/mol. The molecule has 1 saturated heterocycles. The predicted octanol–water partition coefficient (Wildman–Crippen LogP) is 2.57. The maximum Gasteiger partial charge on any atom is 0.194 e. The number of phenolic OH excluding ortho intramolecular Hbond substituents is 1. The Labute approximate surface area is 172 Å². The van der Waals surface area contributed by atoms with Gasteiger partial charge in [-0.05, 0) is 31.2 Å². The topological polar surface area (TPSA) is 69.6 Å². The molecule has 29 heavy (non-hydrogen) atoms. The number of hydrogen-bond donors (Lipinski definition) is 2. The molecule has 7 nitrogen and oxygen atoms in total. The van der Waals surface area contributed by atoms with E-state index in [2.05, 4.69) is 22.0 Å². The molecule has 1 heterocycles. The van der Waals surface area contributed by atoms with Gasteiger partial charge in [0.05, 0.1) is 19.3 Å². The van der Waals surface area contributed by atoms with Crippen molar-refractivity contribution in [2.45, 2.75) is 6.92 Å². The zero-order valence-corrected chi connectivity index (χ0v) is 17.2. The number of piperazine rings is 1. The second-order valence-corrected chi connectivity index (χ2v) is 6.73. The van der Waals surface area contributed by atoms with Gasteiger partial charge >= 0.3 is 0 Å². The summed E-state index contributed by atoms with van der Waals surface area (Å²) in [5, 5.41) is 13.4. The fourth-order valence-electron chi connectivity index (χ4n) is 3.32. The van der Waals surface area contributed by atoms with E-state index in [0.717, 1.165) is 55.9 Å². The van der Waals surface area contributed by atoms with E-state index in [1.54, 1.807) is 13.2 Å². The van der Waals surface area contributed by atoms with Gasteiger partial charge in [-0.3, -0.25) is 0 Å². The van der Waals surface area contributed by atoms with Crippen molar-refractivity contribution in [3.05, 3.63) is 48.5 Å². The van der Waals surface area contributed by atoms with Gasteiger partial charge in [0.25, 0.3) is 0 Å². The zero-order valence-electron chi connectivity index (χ0n) is 17.2. The Balaban J connectivity index is 1.52. The maximum atomic E-state index is 10.1. The Bertz CT molecular complexity index is 804. The average molecular weight is 399 g/mol. The van der Waals surface area contributed by atoms with Crippen molar-refractivity contribution in [1.82, 2.24) is 10.2 Å². The lowest BCUT2D eigenvalue weighted by atomic mass is 10.2. The van der Waals surface area contributed by atoms with Gasteiger partial charge in [0, 0.05) is 38.8 Å². The largest absolute Gasteiger partial charge is 0.506 e. The molecule has 3 rings (SSSR count). The highest BCUT2D eigenvalue weighted by molar-refractivity contribution is 5.80. The summed E-state index contributed by atoms with van der Waals surface area (Å²) in [7, 11) is 1.64. The van der Waals surface area contributed by atoms with Crippen LogP contribution in [0.5, 0.6) is 17.2 Å². The van der Waals surface area contributed by atoms with Crippen molar-refractivity contribution in [3.63, 3.8) is 0 Å². The number of nitrogens with one attached hydrogen (secondary N) is 1. The zero-order chi connectivity index (χ0) is 20.5. The highest BCUT2D eigenvalue weighted by atomic mass is 16.5. The lowest BCUT2D eigenvalue weighted by molar-refractivity contribution is 0.322. The van der Waals surface area contributed by atoms with Crippen molar-refractivity contribution < 1.29 is 14.6 Å². The van der Waals surface area contributed by atoms with Crippen LogP contribution in [-0.4, -0.2) is 69.0 Å². The molecule has 1 aliphatic rings. The molecule has 0 aromatic heterocycles. The van der Waals surface area contributed by atoms with Crippen LogP contribution < -0.4 is 19.7 Å². The number of benzene rings is 2. The molecular weight excluding hydrogens is 368 g/mol. The second-order valence-electron chi connectivity index (χ2n) is 6.73. The van der Waals surface area contributed by atoms with E-state index in [-0.39, 0.29) is 0 Å². The van der Waals surface area contributed by atoms with Crippen molar-refractivity contribution in [2.24, 2.45) is 4.99 Å². The number of methoxy groups -OCH3 is 1. The van der Waals surface area contributed by atoms with Gasteiger partial charge < -0.3 is 29.7 Å². The Morgan fingerprint density at radius 1 is 1.07 bits per heavy atom. The van der Waals surface area contributed by atoms with Gasteiger partial charge in [-0.1, -0.05) is 18.2 Å². The highest BCUT2D eigenvalue weighted by Crippen LogP contribution is 2.27. The minimum atomic E-state index is 0.330. The van der Waals surface area contributed by atoms with Crippen molar-refractivity contribution in [1.29, 1.82) is 0 Å². The normalized spacial score (nSPS) is 14.6. The third-order valence-electron chi connectivity index (χ3n) is 4.80. The molecule has 0 unspecified atom stereocenters. The van der Waals surface area contributed by atoms with Crippen LogP contribution in [0.4, 0.5) is 5.69 Å². The van der Waals surface area contributed by atoms with Gasteiger partial charge in [-0.25, -0.2) is 4.99 Å². The van der Waals surface area contributed by atoms with E-state index in [1.165, 1.54) is 0 Å². The molecule has 7 heteroatoms. The number of phenols is 1. The SMILES string of the molecule is CCNC(=NCCOc1cccc(OC)c1)N1CCN(c2ccccc2O)CC1. The quantitative estimate of drug-likeness (QED) is 0.424. The standard InChI is InChI=1S/C22H30N4O3/c1-3-23-22(24-11-16-29-19-8-6-7-18(17-19)28-2)26-14-12-25(13-15-26)20-9-4-5-10-21(20)27/h4-10,17,27H,3,11-16H2,1-2H3,(H,23,24). The van der Waals surface area contributed by atoms with E-state index in [1.807, 2.05) is 42.5 Å². The smallest absolute Gasteiger partial charge is 0.194 e. The third-order valence-corrected chi connectivity index (χ3v) is 4.80. The van der Waals surface area contributed by atoms with Gasteiger partial charge in [-0.15, -0.1) is 0 Å². The monoisotopic (exact) mass is 398 g/mol. The third kappa shape index (κ3) is 5.70. The van der Waals surface area contributed by atoms with Crippen molar-refractivity contribution in [3.8, 4) is 17.2 Å². The molecular formula is C22H30N4O3. The fraction of sp³-hybridized carbons (Fsp3) is 0.409. The summed E-state index contributed by atoms with van der Waals surface area (Å²) in [5.74, 6) is 2.79. The van der Waals surface area contributed by atoms with E-state index in [4.69, 9.17) is 14.5 Å². The first kappa shape index (κ1) is 20.6. The lowest BCUT2D eigenvalue weighted by Crippen LogP contribution is -2.52. The van der Waals surface area contributed by atoms with Crippen LogP contribution in [0.15, 0.2) is 53.5 Å². The van der Waals surface area contributed by atoms with Crippen LogP contribution in [0.3, 0.4) is 0 Å². The maximum absolute atomic E-state index is 10.1. The molecule has 1 aliphatic heterocycles. The van der Waals surface area contributed by atoms with E-state index < -0.39 is 0 Å². The van der Waals surface area contributed by atoms with Crippen LogP contribution in [0.1, 0.15) is 6.92 Å². The number of aliphatic imine (C=N–C) groups is 1. The minimum absolute atomic E-state index is 0.330. The second kappa shape index (κ2) is 10.5. The van der Waals surface area contributed by atoms with Crippen LogP contribution in [0.25, 0.3) is 0 Å². The molecule has 0 bridgehead atoms. The molecule has 0 spiro atoms. The first-order valence-electron chi connectivity index (χ1n) is 10.0. The van der Waals surface area contributed by atoms with Crippen LogP contribution >= 0.6 is 0 Å². The summed E-state index contributed by atoms with van der Waals surface area (Å²) in [4.78, 5) is 9.18. The Morgan fingerprint density at radius 3 is 2.55 bits per heavy atom. The van der Waals surface area contributed by atoms with Gasteiger partial charge in [-0.2, -0.15) is 0 Å². The molecule has 2 N–H and O–H groups in total. The first-order valence-corrected chi connectivity index (χ1v) is 10.0. The number of aromatic hydroxyl groups is 1.